The topological polar surface area (TPSA) is 37.6 Å². The van der Waals surface area contributed by atoms with E-state index in [9.17, 15) is 0 Å². The molecule has 3 nitrogen and oxygen atoms in total. The summed E-state index contributed by atoms with van der Waals surface area (Å²) in [6.45, 7) is 22.3. The second kappa shape index (κ2) is 17.2. The molecule has 6 heteroatoms. The zero-order valence-corrected chi connectivity index (χ0v) is 28.9. The van der Waals surface area contributed by atoms with Gasteiger partial charge in [-0.1, -0.05) is 112 Å². The van der Waals surface area contributed by atoms with Crippen LogP contribution in [-0.2, 0) is 12.9 Å². The molecule has 0 atom stereocenters. The van der Waals surface area contributed by atoms with Gasteiger partial charge in [-0.05, 0) is 70.9 Å². The van der Waals surface area contributed by atoms with Gasteiger partial charge in [-0.3, -0.25) is 9.98 Å². The first kappa shape index (κ1) is 35.2. The molecule has 0 fully saturated rings. The predicted octanol–water partition coefficient (Wildman–Crippen LogP) is 12.0. The van der Waals surface area contributed by atoms with E-state index in [1.54, 1.807) is 0 Å². The monoisotopic (exact) mass is 638 g/mol. The van der Waals surface area contributed by atoms with Crippen LogP contribution in [0.5, 0.6) is 0 Å². The van der Waals surface area contributed by atoms with Crippen molar-refractivity contribution in [3.63, 3.8) is 0 Å². The number of pyridine rings is 1. The van der Waals surface area contributed by atoms with Gasteiger partial charge in [0.15, 0.2) is 0 Å². The molecule has 3 aromatic rings. The number of aliphatic imine (C=N–C) groups is 2. The Morgan fingerprint density at radius 2 is 0.854 bits per heavy atom. The Hall–Kier alpha value is -1.98. The minimum atomic E-state index is 0.382. The van der Waals surface area contributed by atoms with Crippen LogP contribution in [0.2, 0.25) is 0 Å². The molecule has 0 amide bonds. The predicted molar refractivity (Wildman–Crippen MR) is 178 cm³/mol. The van der Waals surface area contributed by atoms with Crippen molar-refractivity contribution >= 4 is 43.1 Å². The Labute approximate surface area is 263 Å². The Morgan fingerprint density at radius 1 is 0.585 bits per heavy atom. The minimum absolute atomic E-state index is 0.382. The summed E-state index contributed by atoms with van der Waals surface area (Å²) in [5.74, 6) is 1.61. The van der Waals surface area contributed by atoms with Crippen molar-refractivity contribution in [3.8, 4) is 0 Å². The van der Waals surface area contributed by atoms with Crippen LogP contribution in [0.15, 0.2) is 64.6 Å². The van der Waals surface area contributed by atoms with Crippen LogP contribution in [0, 0.1) is 0 Å². The third-order valence-corrected chi connectivity index (χ3v) is 7.19. The molecular formula is C35H47Cl2CoN3. The van der Waals surface area contributed by atoms with Gasteiger partial charge in [0.2, 0.25) is 0 Å². The summed E-state index contributed by atoms with van der Waals surface area (Å²) in [6.07, 6.45) is 1.62. The Kier molecular flexibility index (Phi) is 14.8. The van der Waals surface area contributed by atoms with Gasteiger partial charge in [-0.2, -0.15) is 0 Å². The molecule has 0 unspecified atom stereocenters. The Bertz CT molecular complexity index is 1180. The molecule has 0 N–H and O–H groups in total. The van der Waals surface area contributed by atoms with E-state index >= 15 is 0 Å². The second-order valence-electron chi connectivity index (χ2n) is 11.5. The van der Waals surface area contributed by atoms with Crippen LogP contribution in [0.25, 0.3) is 0 Å². The summed E-state index contributed by atoms with van der Waals surface area (Å²) in [7, 11) is 9.47. The molecule has 0 aliphatic rings. The van der Waals surface area contributed by atoms with Gasteiger partial charge in [0.25, 0.3) is 0 Å². The van der Waals surface area contributed by atoms with Gasteiger partial charge in [0.05, 0.1) is 34.2 Å². The summed E-state index contributed by atoms with van der Waals surface area (Å²) in [6, 6.07) is 19.5. The van der Waals surface area contributed by atoms with E-state index in [4.69, 9.17) is 35.3 Å². The standard InChI is InChI=1S/C35H47N3.2ClH.Co/c1-11-30(37-34-26(22(3)4)16-13-17-27(34)23(5)6)32-20-15-21-33(36-32)31(12-2)38-35-28(24(7)8)18-14-19-29(35)25(9)10;;;/h13-25H,11-12H2,1-10H3;2*1H;/q;;;+2/p-2. The average Bonchev–Trinajstić information content (AvgIpc) is 2.94. The fraction of sp³-hybridized carbons (Fsp3) is 0.457. The third kappa shape index (κ3) is 9.51. The molecule has 41 heavy (non-hydrogen) atoms. The van der Waals surface area contributed by atoms with Gasteiger partial charge < -0.3 is 0 Å². The maximum absolute atomic E-state index is 5.29. The Morgan fingerprint density at radius 3 is 1.10 bits per heavy atom. The first-order chi connectivity index (χ1) is 19.5. The van der Waals surface area contributed by atoms with Crippen LogP contribution in [0.3, 0.4) is 0 Å². The summed E-state index contributed by atoms with van der Waals surface area (Å²) >= 11 is 0.382. The summed E-state index contributed by atoms with van der Waals surface area (Å²) in [5.41, 5.74) is 11.3. The van der Waals surface area contributed by atoms with Crippen LogP contribution >= 0.6 is 20.3 Å². The molecule has 0 radical (unpaired) electrons. The summed E-state index contributed by atoms with van der Waals surface area (Å²) in [4.78, 5) is 15.7. The van der Waals surface area contributed by atoms with Crippen LogP contribution in [0.1, 0.15) is 139 Å². The van der Waals surface area contributed by atoms with Crippen molar-refractivity contribution in [1.82, 2.24) is 4.98 Å². The molecule has 0 saturated heterocycles. The second-order valence-corrected chi connectivity index (χ2v) is 13.2. The van der Waals surface area contributed by atoms with Crippen LogP contribution in [0.4, 0.5) is 11.4 Å². The van der Waals surface area contributed by atoms with Gasteiger partial charge >= 0.3 is 33.2 Å². The fourth-order valence-electron chi connectivity index (χ4n) is 4.94. The van der Waals surface area contributed by atoms with E-state index in [1.165, 1.54) is 22.3 Å². The van der Waals surface area contributed by atoms with Crippen molar-refractivity contribution in [2.75, 3.05) is 0 Å². The van der Waals surface area contributed by atoms with Crippen molar-refractivity contribution in [1.29, 1.82) is 0 Å². The van der Waals surface area contributed by atoms with Crippen molar-refractivity contribution in [2.45, 2.75) is 106 Å². The summed E-state index contributed by atoms with van der Waals surface area (Å²) < 4.78 is 0. The fourth-order valence-corrected chi connectivity index (χ4v) is 4.94. The van der Waals surface area contributed by atoms with E-state index in [0.29, 0.717) is 36.6 Å². The molecule has 225 valence electrons. The molecule has 0 spiro atoms. The number of halogens is 2. The number of rotatable bonds is 10. The summed E-state index contributed by atoms with van der Waals surface area (Å²) in [5, 5.41) is 0. The van der Waals surface area contributed by atoms with E-state index in [-0.39, 0.29) is 0 Å². The molecule has 0 aliphatic heterocycles. The van der Waals surface area contributed by atoms with Crippen LogP contribution < -0.4 is 0 Å². The molecule has 3 rings (SSSR count). The molecule has 2 aromatic carbocycles. The van der Waals surface area contributed by atoms with Gasteiger partial charge in [0.1, 0.15) is 0 Å². The Balaban J connectivity index is 0.00000187. The molecular weight excluding hydrogens is 592 g/mol. The van der Waals surface area contributed by atoms with Crippen LogP contribution in [-0.4, -0.2) is 16.4 Å². The molecule has 0 aliphatic carbocycles. The average molecular weight is 640 g/mol. The SMILES string of the molecule is CCC(=Nc1c(C(C)C)cccc1C(C)C)c1cccc(C(CC)=Nc2c(C(C)C)cccc2C(C)C)n1.[Cl][Co][Cl]. The quantitative estimate of drug-likeness (QED) is 0.203. The maximum atomic E-state index is 5.29. The number of para-hydroxylation sites is 2. The van der Waals surface area contributed by atoms with Gasteiger partial charge in [-0.25, -0.2) is 4.98 Å². The van der Waals surface area contributed by atoms with E-state index in [2.05, 4.69) is 124 Å². The van der Waals surface area contributed by atoms with E-state index in [1.807, 2.05) is 0 Å². The molecule has 1 aromatic heterocycles. The van der Waals surface area contributed by atoms with Crippen molar-refractivity contribution < 1.29 is 12.9 Å². The number of aromatic nitrogens is 1. The normalized spacial score (nSPS) is 12.5. The van der Waals surface area contributed by atoms with Gasteiger partial charge in [-0.15, -0.1) is 0 Å². The van der Waals surface area contributed by atoms with E-state index in [0.717, 1.165) is 47.0 Å². The van der Waals surface area contributed by atoms with Crippen molar-refractivity contribution in [2.24, 2.45) is 9.98 Å². The number of hydrogen-bond acceptors (Lipinski definition) is 3. The molecule has 0 saturated carbocycles. The third-order valence-electron chi connectivity index (χ3n) is 7.19. The van der Waals surface area contributed by atoms with E-state index < -0.39 is 0 Å². The first-order valence-corrected chi connectivity index (χ1v) is 17.6. The first-order valence-electron chi connectivity index (χ1n) is 14.7. The zero-order chi connectivity index (χ0) is 30.7. The number of benzene rings is 2. The van der Waals surface area contributed by atoms with Crippen molar-refractivity contribution in [3.05, 3.63) is 88.2 Å². The zero-order valence-electron chi connectivity index (χ0n) is 26.4. The molecule has 1 heterocycles. The molecule has 0 bridgehead atoms. The number of hydrogen-bond donors (Lipinski definition) is 0. The number of nitrogens with zero attached hydrogens (tertiary/aromatic N) is 3. The van der Waals surface area contributed by atoms with Gasteiger partial charge in [0, 0.05) is 0 Å².